The SMILES string of the molecule is CNC(c1occc1Br)C1CCS(=O)(=O)C1. The molecule has 1 N–H and O–H groups in total. The fraction of sp³-hybridized carbons (Fsp3) is 0.600. The number of hydrogen-bond acceptors (Lipinski definition) is 4. The molecule has 2 heterocycles. The lowest BCUT2D eigenvalue weighted by molar-refractivity contribution is 0.345. The highest BCUT2D eigenvalue weighted by atomic mass is 79.9. The van der Waals surface area contributed by atoms with Gasteiger partial charge in [0, 0.05) is 0 Å². The van der Waals surface area contributed by atoms with E-state index in [-0.39, 0.29) is 23.5 Å². The van der Waals surface area contributed by atoms with Crippen LogP contribution in [0.4, 0.5) is 0 Å². The van der Waals surface area contributed by atoms with Crippen LogP contribution >= 0.6 is 15.9 Å². The van der Waals surface area contributed by atoms with Crippen LogP contribution in [-0.4, -0.2) is 27.0 Å². The Labute approximate surface area is 103 Å². The van der Waals surface area contributed by atoms with E-state index in [9.17, 15) is 8.42 Å². The zero-order valence-electron chi connectivity index (χ0n) is 8.94. The number of rotatable bonds is 3. The van der Waals surface area contributed by atoms with Crippen LogP contribution in [0.1, 0.15) is 18.2 Å². The van der Waals surface area contributed by atoms with Crippen molar-refractivity contribution in [1.29, 1.82) is 0 Å². The molecule has 4 nitrogen and oxygen atoms in total. The van der Waals surface area contributed by atoms with Crippen LogP contribution in [-0.2, 0) is 9.84 Å². The van der Waals surface area contributed by atoms with Gasteiger partial charge in [-0.25, -0.2) is 8.42 Å². The molecule has 0 amide bonds. The molecule has 1 aliphatic rings. The fourth-order valence-electron chi connectivity index (χ4n) is 2.19. The Morgan fingerprint density at radius 1 is 1.62 bits per heavy atom. The molecule has 2 atom stereocenters. The molecule has 2 unspecified atom stereocenters. The lowest BCUT2D eigenvalue weighted by Crippen LogP contribution is -2.26. The van der Waals surface area contributed by atoms with Crippen LogP contribution in [0.15, 0.2) is 21.2 Å². The highest BCUT2D eigenvalue weighted by molar-refractivity contribution is 9.10. The average molecular weight is 308 g/mol. The van der Waals surface area contributed by atoms with Crippen molar-refractivity contribution in [3.8, 4) is 0 Å². The maximum atomic E-state index is 11.4. The number of furan rings is 1. The summed E-state index contributed by atoms with van der Waals surface area (Å²) < 4.78 is 29.2. The van der Waals surface area contributed by atoms with Crippen molar-refractivity contribution in [3.05, 3.63) is 22.6 Å². The average Bonchev–Trinajstić information content (AvgIpc) is 2.76. The van der Waals surface area contributed by atoms with Crippen molar-refractivity contribution in [2.75, 3.05) is 18.6 Å². The van der Waals surface area contributed by atoms with Crippen molar-refractivity contribution >= 4 is 25.8 Å². The molecule has 1 aromatic heterocycles. The second-order valence-corrected chi connectivity index (χ2v) is 7.15. The summed E-state index contributed by atoms with van der Waals surface area (Å²) in [5.74, 6) is 1.40. The lowest BCUT2D eigenvalue weighted by atomic mass is 9.97. The predicted octanol–water partition coefficient (Wildman–Crippen LogP) is 1.74. The zero-order valence-corrected chi connectivity index (χ0v) is 11.3. The van der Waals surface area contributed by atoms with Gasteiger partial charge in [-0.05, 0) is 41.4 Å². The van der Waals surface area contributed by atoms with Crippen LogP contribution < -0.4 is 5.32 Å². The van der Waals surface area contributed by atoms with Gasteiger partial charge >= 0.3 is 0 Å². The number of halogens is 1. The molecule has 0 saturated carbocycles. The molecule has 16 heavy (non-hydrogen) atoms. The van der Waals surface area contributed by atoms with Gasteiger partial charge in [0.25, 0.3) is 0 Å². The zero-order chi connectivity index (χ0) is 11.8. The highest BCUT2D eigenvalue weighted by Gasteiger charge is 2.35. The first-order valence-corrected chi connectivity index (χ1v) is 7.75. The van der Waals surface area contributed by atoms with E-state index in [4.69, 9.17) is 4.42 Å². The maximum absolute atomic E-state index is 11.4. The topological polar surface area (TPSA) is 59.3 Å². The molecule has 0 aromatic carbocycles. The second-order valence-electron chi connectivity index (χ2n) is 4.06. The molecule has 1 aliphatic heterocycles. The molecular formula is C10H14BrNO3S. The monoisotopic (exact) mass is 307 g/mol. The summed E-state index contributed by atoms with van der Waals surface area (Å²) >= 11 is 3.40. The normalized spacial score (nSPS) is 25.8. The van der Waals surface area contributed by atoms with Gasteiger partial charge in [0.2, 0.25) is 0 Å². The summed E-state index contributed by atoms with van der Waals surface area (Å²) in [6.45, 7) is 0. The number of sulfone groups is 1. The van der Waals surface area contributed by atoms with Gasteiger partial charge < -0.3 is 9.73 Å². The van der Waals surface area contributed by atoms with Gasteiger partial charge in [-0.15, -0.1) is 0 Å². The van der Waals surface area contributed by atoms with Gasteiger partial charge in [-0.3, -0.25) is 0 Å². The van der Waals surface area contributed by atoms with Gasteiger partial charge in [0.05, 0.1) is 28.3 Å². The first kappa shape index (κ1) is 12.1. The lowest BCUT2D eigenvalue weighted by Gasteiger charge is -2.20. The van der Waals surface area contributed by atoms with Gasteiger partial charge in [0.1, 0.15) is 5.76 Å². The summed E-state index contributed by atoms with van der Waals surface area (Å²) in [7, 11) is -1.03. The minimum Gasteiger partial charge on any atom is -0.466 e. The standard InChI is InChI=1S/C10H14BrNO3S/c1-12-9(10-8(11)2-4-15-10)7-3-5-16(13,14)6-7/h2,4,7,9,12H,3,5-6H2,1H3. The van der Waals surface area contributed by atoms with Crippen LogP contribution in [0, 0.1) is 5.92 Å². The van der Waals surface area contributed by atoms with Crippen molar-refractivity contribution in [2.45, 2.75) is 12.5 Å². The van der Waals surface area contributed by atoms with E-state index in [2.05, 4.69) is 21.2 Å². The highest BCUT2D eigenvalue weighted by Crippen LogP contribution is 2.35. The van der Waals surface area contributed by atoms with E-state index < -0.39 is 9.84 Å². The maximum Gasteiger partial charge on any atom is 0.150 e. The molecular weight excluding hydrogens is 294 g/mol. The summed E-state index contributed by atoms with van der Waals surface area (Å²) in [5.41, 5.74) is 0. The number of hydrogen-bond donors (Lipinski definition) is 1. The molecule has 6 heteroatoms. The van der Waals surface area contributed by atoms with Crippen LogP contribution in [0.25, 0.3) is 0 Å². The first-order chi connectivity index (χ1) is 7.53. The molecule has 1 aromatic rings. The van der Waals surface area contributed by atoms with Crippen LogP contribution in [0.3, 0.4) is 0 Å². The molecule has 0 spiro atoms. The molecule has 0 radical (unpaired) electrons. The van der Waals surface area contributed by atoms with E-state index in [1.807, 2.05) is 13.1 Å². The van der Waals surface area contributed by atoms with E-state index in [1.165, 1.54) is 0 Å². The molecule has 1 fully saturated rings. The smallest absolute Gasteiger partial charge is 0.150 e. The second kappa shape index (κ2) is 4.50. The Bertz CT molecular complexity index is 468. The van der Waals surface area contributed by atoms with E-state index in [0.29, 0.717) is 6.42 Å². The Balaban J connectivity index is 2.22. The van der Waals surface area contributed by atoms with Crippen molar-refractivity contribution < 1.29 is 12.8 Å². The summed E-state index contributed by atoms with van der Waals surface area (Å²) in [6, 6.07) is 1.78. The van der Waals surface area contributed by atoms with E-state index in [1.54, 1.807) is 6.26 Å². The van der Waals surface area contributed by atoms with Gasteiger partial charge in [0.15, 0.2) is 9.84 Å². The molecule has 0 bridgehead atoms. The van der Waals surface area contributed by atoms with Gasteiger partial charge in [-0.2, -0.15) is 0 Å². The summed E-state index contributed by atoms with van der Waals surface area (Å²) in [6.07, 6.45) is 2.30. The van der Waals surface area contributed by atoms with Crippen LogP contribution in [0.5, 0.6) is 0 Å². The molecule has 2 rings (SSSR count). The molecule has 1 saturated heterocycles. The van der Waals surface area contributed by atoms with Crippen LogP contribution in [0.2, 0.25) is 0 Å². The minimum atomic E-state index is -2.85. The third-order valence-corrected chi connectivity index (χ3v) is 5.43. The fourth-order valence-corrected chi connectivity index (χ4v) is 4.48. The summed E-state index contributed by atoms with van der Waals surface area (Å²) in [4.78, 5) is 0. The number of nitrogens with one attached hydrogen (secondary N) is 1. The quantitative estimate of drug-likeness (QED) is 0.924. The van der Waals surface area contributed by atoms with E-state index >= 15 is 0 Å². The van der Waals surface area contributed by atoms with Crippen molar-refractivity contribution in [3.63, 3.8) is 0 Å². The largest absolute Gasteiger partial charge is 0.466 e. The Morgan fingerprint density at radius 3 is 2.81 bits per heavy atom. The first-order valence-electron chi connectivity index (χ1n) is 5.14. The minimum absolute atomic E-state index is 0.0401. The van der Waals surface area contributed by atoms with Crippen molar-refractivity contribution in [1.82, 2.24) is 5.32 Å². The molecule has 90 valence electrons. The van der Waals surface area contributed by atoms with Crippen molar-refractivity contribution in [2.24, 2.45) is 5.92 Å². The molecule has 0 aliphatic carbocycles. The predicted molar refractivity (Wildman–Crippen MR) is 65.0 cm³/mol. The van der Waals surface area contributed by atoms with E-state index in [0.717, 1.165) is 10.2 Å². The Kier molecular flexibility index (Phi) is 3.42. The Hall–Kier alpha value is -0.330. The Morgan fingerprint density at radius 2 is 2.38 bits per heavy atom. The third-order valence-electron chi connectivity index (χ3n) is 2.98. The third kappa shape index (κ3) is 2.33. The van der Waals surface area contributed by atoms with Gasteiger partial charge in [-0.1, -0.05) is 0 Å². The summed E-state index contributed by atoms with van der Waals surface area (Å²) in [5, 5.41) is 3.14.